The van der Waals surface area contributed by atoms with Crippen LogP contribution in [0.1, 0.15) is 34.2 Å². The van der Waals surface area contributed by atoms with Gasteiger partial charge in [0.05, 0.1) is 6.54 Å². The molecular formula is C22H21N3O3. The molecule has 0 saturated carbocycles. The Bertz CT molecular complexity index is 1130. The van der Waals surface area contributed by atoms with E-state index in [0.29, 0.717) is 11.1 Å². The normalized spacial score (nSPS) is 19.3. The van der Waals surface area contributed by atoms with Crippen LogP contribution in [-0.4, -0.2) is 34.2 Å². The zero-order chi connectivity index (χ0) is 20.1. The summed E-state index contributed by atoms with van der Waals surface area (Å²) in [4.78, 5) is 42.4. The van der Waals surface area contributed by atoms with Crippen LogP contribution in [0.15, 0.2) is 48.5 Å². The Morgan fingerprint density at radius 1 is 1.04 bits per heavy atom. The summed E-state index contributed by atoms with van der Waals surface area (Å²) >= 11 is 0. The molecule has 142 valence electrons. The van der Waals surface area contributed by atoms with Crippen molar-refractivity contribution >= 4 is 28.5 Å². The monoisotopic (exact) mass is 375 g/mol. The number of carbonyl (C=O) groups excluding carboxylic acids is 3. The number of nitrogens with one attached hydrogen (secondary N) is 2. The molecular weight excluding hydrogens is 354 g/mol. The van der Waals surface area contributed by atoms with E-state index in [1.54, 1.807) is 19.9 Å². The number of amides is 3. The van der Waals surface area contributed by atoms with E-state index in [-0.39, 0.29) is 12.3 Å². The predicted molar refractivity (Wildman–Crippen MR) is 106 cm³/mol. The number of hydrogen-bond donors (Lipinski definition) is 2. The molecule has 1 saturated heterocycles. The molecule has 0 bridgehead atoms. The Hall–Kier alpha value is -3.41. The molecule has 3 aromatic rings. The van der Waals surface area contributed by atoms with Gasteiger partial charge in [-0.05, 0) is 49.2 Å². The number of nitrogens with zero attached hydrogens (tertiary/aromatic N) is 1. The number of Topliss-reactive ketones (excluding diaryl/α,β-unsaturated/α-hetero) is 1. The fraction of sp³-hybridized carbons (Fsp3) is 0.227. The van der Waals surface area contributed by atoms with Crippen molar-refractivity contribution in [3.8, 4) is 0 Å². The Labute approximate surface area is 162 Å². The lowest BCUT2D eigenvalue weighted by atomic mass is 9.90. The first-order valence-electron chi connectivity index (χ1n) is 9.12. The van der Waals surface area contributed by atoms with E-state index in [0.717, 1.165) is 27.1 Å². The number of H-pyrrole nitrogens is 1. The summed E-state index contributed by atoms with van der Waals surface area (Å²) in [7, 11) is 0. The molecule has 6 heteroatoms. The van der Waals surface area contributed by atoms with Crippen LogP contribution in [-0.2, 0) is 10.3 Å². The van der Waals surface area contributed by atoms with E-state index >= 15 is 0 Å². The first kappa shape index (κ1) is 18.0. The predicted octanol–water partition coefficient (Wildman–Crippen LogP) is 3.43. The van der Waals surface area contributed by atoms with E-state index in [1.807, 2.05) is 49.4 Å². The molecule has 0 radical (unpaired) electrons. The molecule has 1 fully saturated rings. The van der Waals surface area contributed by atoms with Gasteiger partial charge >= 0.3 is 6.03 Å². The van der Waals surface area contributed by atoms with Crippen LogP contribution in [0.2, 0.25) is 0 Å². The second-order valence-electron chi connectivity index (χ2n) is 7.42. The number of aromatic nitrogens is 1. The Morgan fingerprint density at radius 2 is 1.75 bits per heavy atom. The standard InChI is InChI=1S/C22H21N3O3/c1-13-10-18(14(2)23-13)19(26)12-25-20(27)22(3,24-21(25)28)17-9-8-15-6-4-5-7-16(15)11-17/h4-11,23H,12H2,1-3H3,(H,24,28). The second kappa shape index (κ2) is 6.34. The highest BCUT2D eigenvalue weighted by Crippen LogP contribution is 2.31. The first-order valence-corrected chi connectivity index (χ1v) is 9.12. The summed E-state index contributed by atoms with van der Waals surface area (Å²) in [5.41, 5.74) is 1.57. The van der Waals surface area contributed by atoms with Gasteiger partial charge in [-0.2, -0.15) is 0 Å². The maximum Gasteiger partial charge on any atom is 0.325 e. The van der Waals surface area contributed by atoms with E-state index in [9.17, 15) is 14.4 Å². The summed E-state index contributed by atoms with van der Waals surface area (Å²) < 4.78 is 0. The first-order chi connectivity index (χ1) is 13.3. The minimum atomic E-state index is -1.20. The number of aryl methyl sites for hydroxylation is 2. The third-order valence-electron chi connectivity index (χ3n) is 5.35. The molecule has 0 spiro atoms. The number of aromatic amines is 1. The lowest BCUT2D eigenvalue weighted by molar-refractivity contribution is -0.130. The highest BCUT2D eigenvalue weighted by Gasteiger charge is 2.49. The van der Waals surface area contributed by atoms with Gasteiger partial charge < -0.3 is 10.3 Å². The van der Waals surface area contributed by atoms with E-state index < -0.39 is 17.5 Å². The van der Waals surface area contributed by atoms with Crippen LogP contribution >= 0.6 is 0 Å². The average molecular weight is 375 g/mol. The van der Waals surface area contributed by atoms with Gasteiger partial charge in [-0.15, -0.1) is 0 Å². The molecule has 28 heavy (non-hydrogen) atoms. The van der Waals surface area contributed by atoms with Crippen LogP contribution in [0, 0.1) is 13.8 Å². The molecule has 1 aliphatic rings. The Balaban J connectivity index is 1.63. The minimum absolute atomic E-state index is 0.270. The van der Waals surface area contributed by atoms with Gasteiger partial charge in [0.1, 0.15) is 5.54 Å². The van der Waals surface area contributed by atoms with Crippen molar-refractivity contribution in [2.75, 3.05) is 6.54 Å². The number of fused-ring (bicyclic) bond motifs is 1. The molecule has 1 unspecified atom stereocenters. The number of urea groups is 1. The van der Waals surface area contributed by atoms with Crippen molar-refractivity contribution in [3.05, 3.63) is 71.0 Å². The van der Waals surface area contributed by atoms with Crippen molar-refractivity contribution in [1.82, 2.24) is 15.2 Å². The highest BCUT2D eigenvalue weighted by molar-refractivity contribution is 6.11. The average Bonchev–Trinajstić information content (AvgIpc) is 3.12. The van der Waals surface area contributed by atoms with Gasteiger partial charge in [0.25, 0.3) is 5.91 Å². The lowest BCUT2D eigenvalue weighted by Gasteiger charge is -2.22. The maximum absolute atomic E-state index is 13.1. The van der Waals surface area contributed by atoms with Gasteiger partial charge in [0, 0.05) is 17.0 Å². The van der Waals surface area contributed by atoms with Crippen LogP contribution < -0.4 is 5.32 Å². The summed E-state index contributed by atoms with van der Waals surface area (Å²) in [6.45, 7) is 5.04. The highest BCUT2D eigenvalue weighted by atomic mass is 16.2. The van der Waals surface area contributed by atoms with Crippen molar-refractivity contribution < 1.29 is 14.4 Å². The van der Waals surface area contributed by atoms with Gasteiger partial charge in [-0.1, -0.05) is 36.4 Å². The van der Waals surface area contributed by atoms with Gasteiger partial charge in [-0.25, -0.2) is 4.79 Å². The zero-order valence-electron chi connectivity index (χ0n) is 16.0. The summed E-state index contributed by atoms with van der Waals surface area (Å²) in [6, 6.07) is 14.7. The molecule has 6 nitrogen and oxygen atoms in total. The molecule has 3 amide bonds. The molecule has 2 aromatic carbocycles. The summed E-state index contributed by atoms with van der Waals surface area (Å²) in [5.74, 6) is -0.695. The number of rotatable bonds is 4. The quantitative estimate of drug-likeness (QED) is 0.541. The molecule has 1 aliphatic heterocycles. The Kier molecular flexibility index (Phi) is 4.07. The summed E-state index contributed by atoms with van der Waals surface area (Å²) in [6.07, 6.45) is 0. The third-order valence-corrected chi connectivity index (χ3v) is 5.35. The third kappa shape index (κ3) is 2.78. The number of carbonyl (C=O) groups is 3. The van der Waals surface area contributed by atoms with E-state index in [2.05, 4.69) is 10.3 Å². The van der Waals surface area contributed by atoms with Gasteiger partial charge in [-0.3, -0.25) is 14.5 Å². The molecule has 2 heterocycles. The van der Waals surface area contributed by atoms with E-state index in [1.165, 1.54) is 0 Å². The van der Waals surface area contributed by atoms with Crippen LogP contribution in [0.3, 0.4) is 0 Å². The molecule has 0 aliphatic carbocycles. The SMILES string of the molecule is Cc1cc(C(=O)CN2C(=O)NC(C)(c3ccc4ccccc4c3)C2=O)c(C)[nH]1. The van der Waals surface area contributed by atoms with Crippen LogP contribution in [0.5, 0.6) is 0 Å². The lowest BCUT2D eigenvalue weighted by Crippen LogP contribution is -2.41. The number of hydrogen-bond acceptors (Lipinski definition) is 3. The zero-order valence-corrected chi connectivity index (χ0v) is 16.0. The van der Waals surface area contributed by atoms with Gasteiger partial charge in [0.15, 0.2) is 5.78 Å². The smallest absolute Gasteiger partial charge is 0.325 e. The largest absolute Gasteiger partial charge is 0.362 e. The maximum atomic E-state index is 13.1. The van der Waals surface area contributed by atoms with Crippen molar-refractivity contribution in [2.24, 2.45) is 0 Å². The molecule has 2 N–H and O–H groups in total. The molecule has 1 atom stereocenters. The fourth-order valence-electron chi connectivity index (χ4n) is 3.78. The fourth-order valence-corrected chi connectivity index (χ4v) is 3.78. The topological polar surface area (TPSA) is 82.3 Å². The summed E-state index contributed by atoms with van der Waals surface area (Å²) in [5, 5.41) is 4.80. The minimum Gasteiger partial charge on any atom is -0.362 e. The van der Waals surface area contributed by atoms with Crippen LogP contribution in [0.4, 0.5) is 4.79 Å². The molecule has 4 rings (SSSR count). The number of imide groups is 1. The molecule has 1 aromatic heterocycles. The van der Waals surface area contributed by atoms with Crippen molar-refractivity contribution in [2.45, 2.75) is 26.3 Å². The van der Waals surface area contributed by atoms with E-state index in [4.69, 9.17) is 0 Å². The van der Waals surface area contributed by atoms with Gasteiger partial charge in [0.2, 0.25) is 0 Å². The number of ketones is 1. The van der Waals surface area contributed by atoms with Crippen molar-refractivity contribution in [3.63, 3.8) is 0 Å². The van der Waals surface area contributed by atoms with Crippen LogP contribution in [0.25, 0.3) is 10.8 Å². The number of benzene rings is 2. The Morgan fingerprint density at radius 3 is 2.43 bits per heavy atom. The second-order valence-corrected chi connectivity index (χ2v) is 7.42. The van der Waals surface area contributed by atoms with Crippen molar-refractivity contribution in [1.29, 1.82) is 0 Å².